The van der Waals surface area contributed by atoms with Crippen molar-refractivity contribution >= 4 is 5.97 Å². The third kappa shape index (κ3) is 19.1. The number of nitrogens with one attached hydrogen (secondary N) is 1. The first-order valence-electron chi connectivity index (χ1n) is 2.51. The second-order valence-corrected chi connectivity index (χ2v) is 1.57. The van der Waals surface area contributed by atoms with Gasteiger partial charge in [0.2, 0.25) is 0 Å². The van der Waals surface area contributed by atoms with E-state index in [0.717, 1.165) is 0 Å². The van der Waals surface area contributed by atoms with Crippen molar-refractivity contribution in [3.63, 3.8) is 0 Å². The van der Waals surface area contributed by atoms with Crippen molar-refractivity contribution in [2.24, 2.45) is 0 Å². The second kappa shape index (κ2) is 7.17. The number of rotatable bonds is 1. The lowest BCUT2D eigenvalue weighted by Gasteiger charge is -1.93. The van der Waals surface area contributed by atoms with E-state index in [1.54, 1.807) is 0 Å². The molecule has 0 saturated heterocycles. The highest BCUT2D eigenvalue weighted by Crippen LogP contribution is 1.77. The van der Waals surface area contributed by atoms with Crippen LogP contribution >= 0.6 is 0 Å². The van der Waals surface area contributed by atoms with Crippen molar-refractivity contribution in [1.29, 1.82) is 0 Å². The summed E-state index contributed by atoms with van der Waals surface area (Å²) < 4.78 is 0. The van der Waals surface area contributed by atoms with Crippen LogP contribution in [0.25, 0.3) is 0 Å². The maximum absolute atomic E-state index is 9.49. The van der Waals surface area contributed by atoms with Crippen LogP contribution in [0.15, 0.2) is 12.2 Å². The average Bonchev–Trinajstić information content (AvgIpc) is 1.68. The molecule has 0 heterocycles. The van der Waals surface area contributed by atoms with E-state index in [1.807, 2.05) is 14.1 Å². The second-order valence-electron chi connectivity index (χ2n) is 1.57. The topological polar surface area (TPSA) is 52.2 Å². The summed E-state index contributed by atoms with van der Waals surface area (Å²) in [5.41, 5.74) is 0.0648. The lowest BCUT2D eigenvalue weighted by Crippen LogP contribution is -2.22. The van der Waals surface area contributed by atoms with Crippen LogP contribution in [0.4, 0.5) is 0 Å². The zero-order chi connectivity index (χ0) is 7.86. The lowest BCUT2D eigenvalue weighted by molar-refractivity contribution is -0.299. The van der Waals surface area contributed by atoms with Gasteiger partial charge in [-0.25, -0.2) is 0 Å². The highest BCUT2D eigenvalue weighted by atomic mass is 16.4. The summed E-state index contributed by atoms with van der Waals surface area (Å²) in [4.78, 5) is 9.49. The average molecular weight is 130 g/mol. The van der Waals surface area contributed by atoms with Crippen molar-refractivity contribution in [3.8, 4) is 0 Å². The van der Waals surface area contributed by atoms with E-state index in [2.05, 4.69) is 11.9 Å². The molecule has 0 aliphatic carbocycles. The van der Waals surface area contributed by atoms with Crippen LogP contribution in [-0.2, 0) is 4.79 Å². The van der Waals surface area contributed by atoms with E-state index in [4.69, 9.17) is 0 Å². The molecule has 1 N–H and O–H groups in total. The molecule has 9 heavy (non-hydrogen) atoms. The van der Waals surface area contributed by atoms with Gasteiger partial charge in [0, 0.05) is 0 Å². The number of hydrogen-bond donors (Lipinski definition) is 1. The Bertz CT molecular complexity index is 87.2. The Morgan fingerprint density at radius 2 is 1.67 bits per heavy atom. The van der Waals surface area contributed by atoms with Gasteiger partial charge in [-0.05, 0) is 26.6 Å². The van der Waals surface area contributed by atoms with Crippen LogP contribution < -0.4 is 10.4 Å². The molecule has 3 heteroatoms. The van der Waals surface area contributed by atoms with E-state index in [0.29, 0.717) is 0 Å². The number of carbonyl (C=O) groups excluding carboxylic acids is 1. The summed E-state index contributed by atoms with van der Waals surface area (Å²) in [6.07, 6.45) is 0. The molecule has 0 aromatic carbocycles. The van der Waals surface area contributed by atoms with Crippen molar-refractivity contribution in [1.82, 2.24) is 5.32 Å². The minimum absolute atomic E-state index is 0.0648. The molecule has 0 spiro atoms. The van der Waals surface area contributed by atoms with Crippen LogP contribution in [0.2, 0.25) is 0 Å². The fourth-order valence-corrected chi connectivity index (χ4v) is 0. The molecule has 0 atom stereocenters. The molecule has 0 saturated carbocycles. The normalized spacial score (nSPS) is 7.00. The fourth-order valence-electron chi connectivity index (χ4n) is 0. The van der Waals surface area contributed by atoms with Gasteiger partial charge >= 0.3 is 0 Å². The summed E-state index contributed by atoms with van der Waals surface area (Å²) in [5, 5.41) is 12.2. The van der Waals surface area contributed by atoms with Gasteiger partial charge < -0.3 is 15.2 Å². The Hall–Kier alpha value is -0.830. The van der Waals surface area contributed by atoms with E-state index in [1.165, 1.54) is 6.92 Å². The third-order valence-corrected chi connectivity index (χ3v) is 0.348. The Morgan fingerprint density at radius 3 is 1.67 bits per heavy atom. The number of carbonyl (C=O) groups is 1. The molecule has 0 unspecified atom stereocenters. The molecule has 0 aliphatic heterocycles. The monoisotopic (exact) mass is 130 g/mol. The number of aliphatic carboxylic acids is 1. The zero-order valence-corrected chi connectivity index (χ0v) is 6.02. The molecule has 0 rings (SSSR count). The summed E-state index contributed by atoms with van der Waals surface area (Å²) >= 11 is 0. The highest BCUT2D eigenvalue weighted by Gasteiger charge is 1.76. The fraction of sp³-hybridized carbons (Fsp3) is 0.500. The third-order valence-electron chi connectivity index (χ3n) is 0.348. The summed E-state index contributed by atoms with van der Waals surface area (Å²) in [7, 11) is 3.75. The Morgan fingerprint density at radius 1 is 1.56 bits per heavy atom. The van der Waals surface area contributed by atoms with E-state index < -0.39 is 5.97 Å². The molecule has 0 bridgehead atoms. The standard InChI is InChI=1S/C4H6O2.C2H7N/c1-3(2)4(5)6;1-3-2/h1H2,2H3,(H,5,6);3H,1-2H3/p-1. The summed E-state index contributed by atoms with van der Waals surface area (Å²) in [5.74, 6) is -1.19. The smallest absolute Gasteiger partial charge is 0.0666 e. The molecule has 0 amide bonds. The molecule has 0 aromatic rings. The molecule has 0 aliphatic rings. The van der Waals surface area contributed by atoms with Crippen LogP contribution in [0.5, 0.6) is 0 Å². The first kappa shape index (κ1) is 11.0. The quantitative estimate of drug-likeness (QED) is 0.470. The van der Waals surface area contributed by atoms with Gasteiger partial charge in [0.1, 0.15) is 0 Å². The number of hydrogen-bond acceptors (Lipinski definition) is 3. The van der Waals surface area contributed by atoms with E-state index in [-0.39, 0.29) is 5.57 Å². The van der Waals surface area contributed by atoms with Gasteiger partial charge in [-0.15, -0.1) is 0 Å². The molecule has 0 fully saturated rings. The zero-order valence-electron chi connectivity index (χ0n) is 6.02. The predicted molar refractivity (Wildman–Crippen MR) is 34.8 cm³/mol. The first-order chi connectivity index (χ1) is 4.06. The van der Waals surface area contributed by atoms with Crippen molar-refractivity contribution in [2.45, 2.75) is 6.92 Å². The van der Waals surface area contributed by atoms with Crippen LogP contribution in [0.1, 0.15) is 6.92 Å². The molecular formula is C6H12NO2-. The van der Waals surface area contributed by atoms with Crippen molar-refractivity contribution in [2.75, 3.05) is 14.1 Å². The van der Waals surface area contributed by atoms with E-state index >= 15 is 0 Å². The maximum atomic E-state index is 9.49. The minimum Gasteiger partial charge on any atom is -0.545 e. The molecule has 0 aromatic heterocycles. The first-order valence-corrected chi connectivity index (χ1v) is 2.51. The van der Waals surface area contributed by atoms with Gasteiger partial charge in [0.25, 0.3) is 0 Å². The van der Waals surface area contributed by atoms with Crippen LogP contribution in [0.3, 0.4) is 0 Å². The largest absolute Gasteiger partial charge is 0.545 e. The Balaban J connectivity index is 0. The van der Waals surface area contributed by atoms with Crippen molar-refractivity contribution in [3.05, 3.63) is 12.2 Å². The number of carboxylic acid groups (broad SMARTS) is 1. The molecule has 3 nitrogen and oxygen atoms in total. The maximum Gasteiger partial charge on any atom is 0.0666 e. The number of carboxylic acids is 1. The van der Waals surface area contributed by atoms with Crippen LogP contribution in [-0.4, -0.2) is 20.1 Å². The van der Waals surface area contributed by atoms with Gasteiger partial charge in [-0.1, -0.05) is 6.58 Å². The highest BCUT2D eigenvalue weighted by molar-refractivity contribution is 5.82. The summed E-state index contributed by atoms with van der Waals surface area (Å²) in [6.45, 7) is 4.48. The SMILES string of the molecule is C=C(C)C(=O)[O-].CNC. The Kier molecular flexibility index (Phi) is 8.79. The summed E-state index contributed by atoms with van der Waals surface area (Å²) in [6, 6.07) is 0. The van der Waals surface area contributed by atoms with Crippen LogP contribution in [0, 0.1) is 0 Å². The lowest BCUT2D eigenvalue weighted by atomic mass is 10.4. The minimum atomic E-state index is -1.19. The predicted octanol–water partition coefficient (Wildman–Crippen LogP) is -0.852. The van der Waals surface area contributed by atoms with Gasteiger partial charge in [0.15, 0.2) is 0 Å². The molecule has 54 valence electrons. The molecular weight excluding hydrogens is 118 g/mol. The molecule has 0 radical (unpaired) electrons. The van der Waals surface area contributed by atoms with Gasteiger partial charge in [-0.3, -0.25) is 0 Å². The van der Waals surface area contributed by atoms with Crippen molar-refractivity contribution < 1.29 is 9.90 Å². The van der Waals surface area contributed by atoms with E-state index in [9.17, 15) is 9.90 Å². The van der Waals surface area contributed by atoms with Gasteiger partial charge in [-0.2, -0.15) is 0 Å². The van der Waals surface area contributed by atoms with Gasteiger partial charge in [0.05, 0.1) is 5.97 Å². The Labute approximate surface area is 55.4 Å².